The fraction of sp³-hybridized carbons (Fsp3) is 0.450. The molecular formula is C20H25N3O3S. The van der Waals surface area contributed by atoms with Crippen LogP contribution in [-0.4, -0.2) is 44.2 Å². The Morgan fingerprint density at radius 1 is 1.22 bits per heavy atom. The molecule has 0 aliphatic carbocycles. The largest absolute Gasteiger partial charge is 0.496 e. The van der Waals surface area contributed by atoms with Crippen LogP contribution in [0.15, 0.2) is 36.4 Å². The summed E-state index contributed by atoms with van der Waals surface area (Å²) in [6, 6.07) is 12.5. The summed E-state index contributed by atoms with van der Waals surface area (Å²) >= 11 is 1.52. The zero-order valence-electron chi connectivity index (χ0n) is 15.6. The lowest BCUT2D eigenvalue weighted by molar-refractivity contribution is 0.0657. The predicted octanol–water partition coefficient (Wildman–Crippen LogP) is 2.58. The number of ether oxygens (including phenoxy) is 2. The van der Waals surface area contributed by atoms with Crippen LogP contribution < -0.4 is 15.6 Å². The summed E-state index contributed by atoms with van der Waals surface area (Å²) in [5, 5.41) is 0. The number of fused-ring (bicyclic) bond motifs is 1. The van der Waals surface area contributed by atoms with Gasteiger partial charge in [-0.1, -0.05) is 18.2 Å². The SMILES string of the molecule is COCc1ccc(C(=O)N2CCC3NNC(c4ccccc4OC)C3C2)s1. The summed E-state index contributed by atoms with van der Waals surface area (Å²) in [4.78, 5) is 16.9. The molecular weight excluding hydrogens is 362 g/mol. The van der Waals surface area contributed by atoms with Gasteiger partial charge in [0, 0.05) is 42.6 Å². The minimum atomic E-state index is 0.117. The van der Waals surface area contributed by atoms with Gasteiger partial charge < -0.3 is 14.4 Å². The molecule has 1 amide bonds. The summed E-state index contributed by atoms with van der Waals surface area (Å²) in [6.07, 6.45) is 0.936. The molecule has 1 aromatic heterocycles. The van der Waals surface area contributed by atoms with Crippen molar-refractivity contribution in [3.63, 3.8) is 0 Å². The number of nitrogens with one attached hydrogen (secondary N) is 2. The van der Waals surface area contributed by atoms with E-state index in [2.05, 4.69) is 16.9 Å². The maximum Gasteiger partial charge on any atom is 0.263 e. The van der Waals surface area contributed by atoms with Crippen LogP contribution in [-0.2, 0) is 11.3 Å². The number of carbonyl (C=O) groups is 1. The molecule has 6 nitrogen and oxygen atoms in total. The predicted molar refractivity (Wildman–Crippen MR) is 105 cm³/mol. The molecule has 1 aromatic carbocycles. The normalized spacial score (nSPS) is 24.7. The molecule has 0 saturated carbocycles. The number of amides is 1. The van der Waals surface area contributed by atoms with Crippen LogP contribution in [0, 0.1) is 5.92 Å². The van der Waals surface area contributed by atoms with Gasteiger partial charge in [0.15, 0.2) is 0 Å². The van der Waals surface area contributed by atoms with Crippen molar-refractivity contribution in [1.82, 2.24) is 15.8 Å². The maximum absolute atomic E-state index is 13.0. The second kappa shape index (κ2) is 7.98. The Hall–Kier alpha value is -1.93. The minimum Gasteiger partial charge on any atom is -0.496 e. The number of likely N-dealkylation sites (tertiary alicyclic amines) is 1. The standard InChI is InChI=1S/C20H25N3O3S/c1-25-12-13-7-8-18(27-13)20(24)23-10-9-16-15(11-23)19(22-21-16)14-5-3-4-6-17(14)26-2/h3-8,15-16,19,21-22H,9-12H2,1-2H3. The molecule has 4 rings (SSSR count). The number of carbonyl (C=O) groups excluding carboxylic acids is 1. The van der Waals surface area contributed by atoms with Gasteiger partial charge in [-0.2, -0.15) is 0 Å². The van der Waals surface area contributed by atoms with E-state index >= 15 is 0 Å². The van der Waals surface area contributed by atoms with Crippen LogP contribution in [0.4, 0.5) is 0 Å². The summed E-state index contributed by atoms with van der Waals surface area (Å²) in [5.41, 5.74) is 7.98. The summed E-state index contributed by atoms with van der Waals surface area (Å²) in [6.45, 7) is 2.04. The van der Waals surface area contributed by atoms with E-state index in [1.165, 1.54) is 11.3 Å². The van der Waals surface area contributed by atoms with Gasteiger partial charge in [0.25, 0.3) is 5.91 Å². The first-order valence-corrected chi connectivity index (χ1v) is 10.0. The Bertz CT molecular complexity index is 809. The summed E-state index contributed by atoms with van der Waals surface area (Å²) in [5.74, 6) is 1.30. The fourth-order valence-electron chi connectivity index (χ4n) is 4.09. The third kappa shape index (κ3) is 3.60. The van der Waals surface area contributed by atoms with Crippen molar-refractivity contribution < 1.29 is 14.3 Å². The Labute approximate surface area is 163 Å². The lowest BCUT2D eigenvalue weighted by Crippen LogP contribution is -2.47. The van der Waals surface area contributed by atoms with E-state index in [0.29, 0.717) is 18.6 Å². The smallest absolute Gasteiger partial charge is 0.263 e. The number of nitrogens with zero attached hydrogens (tertiary/aromatic N) is 1. The number of rotatable bonds is 5. The number of hydrogen-bond donors (Lipinski definition) is 2. The molecule has 2 N–H and O–H groups in total. The number of piperidine rings is 1. The average Bonchev–Trinajstić information content (AvgIpc) is 3.34. The van der Waals surface area contributed by atoms with Crippen molar-refractivity contribution in [2.45, 2.75) is 25.1 Å². The van der Waals surface area contributed by atoms with Crippen LogP contribution in [0.3, 0.4) is 0 Å². The second-order valence-corrected chi connectivity index (χ2v) is 8.19. The molecule has 27 heavy (non-hydrogen) atoms. The molecule has 0 spiro atoms. The van der Waals surface area contributed by atoms with E-state index in [4.69, 9.17) is 9.47 Å². The van der Waals surface area contributed by atoms with E-state index < -0.39 is 0 Å². The third-order valence-electron chi connectivity index (χ3n) is 5.43. The Morgan fingerprint density at radius 2 is 2.07 bits per heavy atom. The number of para-hydroxylation sites is 1. The molecule has 2 aliphatic rings. The van der Waals surface area contributed by atoms with Crippen LogP contribution in [0.1, 0.15) is 32.6 Å². The van der Waals surface area contributed by atoms with E-state index in [1.807, 2.05) is 35.2 Å². The molecule has 2 aliphatic heterocycles. The number of benzene rings is 1. The fourth-order valence-corrected chi connectivity index (χ4v) is 5.04. The number of methoxy groups -OCH3 is 2. The van der Waals surface area contributed by atoms with Crippen molar-refractivity contribution in [2.24, 2.45) is 5.92 Å². The van der Waals surface area contributed by atoms with E-state index in [9.17, 15) is 4.79 Å². The van der Waals surface area contributed by atoms with Crippen LogP contribution >= 0.6 is 11.3 Å². The topological polar surface area (TPSA) is 62.8 Å². The van der Waals surface area contributed by atoms with Gasteiger partial charge in [-0.05, 0) is 24.6 Å². The van der Waals surface area contributed by atoms with Crippen molar-refractivity contribution in [3.8, 4) is 5.75 Å². The first-order chi connectivity index (χ1) is 13.2. The Morgan fingerprint density at radius 3 is 2.89 bits per heavy atom. The summed E-state index contributed by atoms with van der Waals surface area (Å²) in [7, 11) is 3.37. The highest BCUT2D eigenvalue weighted by molar-refractivity contribution is 7.14. The molecule has 3 atom stereocenters. The molecule has 3 heterocycles. The lowest BCUT2D eigenvalue weighted by Gasteiger charge is -2.36. The monoisotopic (exact) mass is 387 g/mol. The van der Waals surface area contributed by atoms with Gasteiger partial charge >= 0.3 is 0 Å². The first-order valence-electron chi connectivity index (χ1n) is 9.22. The quantitative estimate of drug-likeness (QED) is 0.826. The number of hydrazine groups is 1. The van der Waals surface area contributed by atoms with E-state index in [1.54, 1.807) is 14.2 Å². The highest BCUT2D eigenvalue weighted by Gasteiger charge is 2.42. The highest BCUT2D eigenvalue weighted by atomic mass is 32.1. The molecule has 2 aromatic rings. The van der Waals surface area contributed by atoms with Crippen LogP contribution in [0.2, 0.25) is 0 Å². The molecule has 3 unspecified atom stereocenters. The van der Waals surface area contributed by atoms with Crippen molar-refractivity contribution in [3.05, 3.63) is 51.7 Å². The van der Waals surface area contributed by atoms with Crippen LogP contribution in [0.25, 0.3) is 0 Å². The Kier molecular flexibility index (Phi) is 5.45. The lowest BCUT2D eigenvalue weighted by atomic mass is 9.84. The Balaban J connectivity index is 1.51. The van der Waals surface area contributed by atoms with Gasteiger partial charge in [0.2, 0.25) is 0 Å². The molecule has 2 fully saturated rings. The van der Waals surface area contributed by atoms with E-state index in [0.717, 1.165) is 40.6 Å². The van der Waals surface area contributed by atoms with Gasteiger partial charge in [0.1, 0.15) is 5.75 Å². The van der Waals surface area contributed by atoms with Gasteiger partial charge in [-0.3, -0.25) is 10.2 Å². The van der Waals surface area contributed by atoms with E-state index in [-0.39, 0.29) is 11.9 Å². The zero-order valence-corrected chi connectivity index (χ0v) is 16.4. The maximum atomic E-state index is 13.0. The molecule has 2 saturated heterocycles. The first kappa shape index (κ1) is 18.4. The highest BCUT2D eigenvalue weighted by Crippen LogP contribution is 2.38. The zero-order chi connectivity index (χ0) is 18.8. The van der Waals surface area contributed by atoms with Gasteiger partial charge in [-0.15, -0.1) is 11.3 Å². The van der Waals surface area contributed by atoms with Crippen molar-refractivity contribution in [2.75, 3.05) is 27.3 Å². The van der Waals surface area contributed by atoms with Crippen molar-refractivity contribution in [1.29, 1.82) is 0 Å². The third-order valence-corrected chi connectivity index (χ3v) is 6.48. The molecule has 0 radical (unpaired) electrons. The molecule has 0 bridgehead atoms. The summed E-state index contributed by atoms with van der Waals surface area (Å²) < 4.78 is 10.7. The van der Waals surface area contributed by atoms with Gasteiger partial charge in [-0.25, -0.2) is 5.43 Å². The number of thiophene rings is 1. The van der Waals surface area contributed by atoms with Gasteiger partial charge in [0.05, 0.1) is 24.6 Å². The minimum absolute atomic E-state index is 0.117. The second-order valence-electron chi connectivity index (χ2n) is 7.02. The van der Waals surface area contributed by atoms with Crippen LogP contribution in [0.5, 0.6) is 5.75 Å². The molecule has 144 valence electrons. The van der Waals surface area contributed by atoms with Crippen molar-refractivity contribution >= 4 is 17.2 Å². The number of hydrogen-bond acceptors (Lipinski definition) is 6. The molecule has 7 heteroatoms. The average molecular weight is 388 g/mol.